The second-order valence-electron chi connectivity index (χ2n) is 7.69. The first-order valence-corrected chi connectivity index (χ1v) is 11.8. The highest BCUT2D eigenvalue weighted by molar-refractivity contribution is 7.91. The maximum atomic E-state index is 13.5. The Kier molecular flexibility index (Phi) is 6.84. The van der Waals surface area contributed by atoms with Gasteiger partial charge in [-0.15, -0.1) is 0 Å². The minimum Gasteiger partial charge on any atom is -0.507 e. The maximum Gasteiger partial charge on any atom is 0.269 e. The molecule has 0 aliphatic heterocycles. The molecule has 0 saturated carbocycles. The number of nitro benzene ring substituents is 1. The first kappa shape index (κ1) is 23.3. The normalized spacial score (nSPS) is 11.4. The molecule has 3 rings (SSSR count). The summed E-state index contributed by atoms with van der Waals surface area (Å²) < 4.78 is 27.1. The predicted octanol–water partition coefficient (Wildman–Crippen LogP) is 5.55. The number of aromatic hydroxyl groups is 2. The summed E-state index contributed by atoms with van der Waals surface area (Å²) in [6.07, 6.45) is 2.81. The van der Waals surface area contributed by atoms with Crippen LogP contribution in [0.15, 0.2) is 64.4 Å². The van der Waals surface area contributed by atoms with Gasteiger partial charge >= 0.3 is 0 Å². The van der Waals surface area contributed by atoms with E-state index in [-0.39, 0.29) is 26.8 Å². The Morgan fingerprint density at radius 2 is 1.69 bits per heavy atom. The molecule has 32 heavy (non-hydrogen) atoms. The number of sulfone groups is 1. The number of non-ortho nitro benzene ring substituents is 1. The summed E-state index contributed by atoms with van der Waals surface area (Å²) in [4.78, 5) is 9.88. The molecule has 8 heteroatoms. The average molecular weight is 456 g/mol. The Labute approximate surface area is 187 Å². The lowest BCUT2D eigenvalue weighted by Gasteiger charge is -2.17. The Bertz CT molecular complexity index is 1250. The second-order valence-corrected chi connectivity index (χ2v) is 9.58. The van der Waals surface area contributed by atoms with Crippen LogP contribution in [0.25, 0.3) is 11.1 Å². The molecule has 7 nitrogen and oxygen atoms in total. The smallest absolute Gasteiger partial charge is 0.269 e. The van der Waals surface area contributed by atoms with E-state index in [1.165, 1.54) is 6.07 Å². The number of rotatable bonds is 8. The molecule has 0 atom stereocenters. The van der Waals surface area contributed by atoms with E-state index < -0.39 is 20.5 Å². The summed E-state index contributed by atoms with van der Waals surface area (Å²) >= 11 is 0. The number of phenolic OH excluding ortho intramolecular Hbond substituents is 2. The molecule has 0 fully saturated rings. The highest BCUT2D eigenvalue weighted by atomic mass is 32.2. The van der Waals surface area contributed by atoms with E-state index >= 15 is 0 Å². The molecule has 0 heterocycles. The monoisotopic (exact) mass is 455 g/mol. The van der Waals surface area contributed by atoms with Gasteiger partial charge < -0.3 is 10.2 Å². The van der Waals surface area contributed by atoms with Crippen molar-refractivity contribution in [2.75, 3.05) is 0 Å². The average Bonchev–Trinajstić information content (AvgIpc) is 2.73. The van der Waals surface area contributed by atoms with Gasteiger partial charge in [0.05, 0.1) is 15.4 Å². The van der Waals surface area contributed by atoms with Gasteiger partial charge in [0.15, 0.2) is 0 Å². The summed E-state index contributed by atoms with van der Waals surface area (Å²) in [7, 11) is -4.22. The molecule has 0 aromatic heterocycles. The fraction of sp³-hybridized carbons (Fsp3) is 0.250. The quantitative estimate of drug-likeness (QED) is 0.261. The highest BCUT2D eigenvalue weighted by Crippen LogP contribution is 2.45. The molecule has 3 aromatic carbocycles. The molecule has 0 spiro atoms. The molecule has 2 N–H and O–H groups in total. The number of nitrogens with zero attached hydrogens (tertiary/aromatic N) is 1. The molecule has 0 bridgehead atoms. The van der Waals surface area contributed by atoms with Gasteiger partial charge in [0.25, 0.3) is 5.69 Å². The number of phenols is 2. The van der Waals surface area contributed by atoms with Gasteiger partial charge in [-0.25, -0.2) is 8.42 Å². The Hall–Kier alpha value is -3.39. The highest BCUT2D eigenvalue weighted by Gasteiger charge is 2.30. The van der Waals surface area contributed by atoms with Crippen molar-refractivity contribution in [1.29, 1.82) is 0 Å². The van der Waals surface area contributed by atoms with Gasteiger partial charge in [-0.1, -0.05) is 49.6 Å². The summed E-state index contributed by atoms with van der Waals surface area (Å²) in [6, 6.07) is 13.0. The summed E-state index contributed by atoms with van der Waals surface area (Å²) in [5, 5.41) is 32.8. The van der Waals surface area contributed by atoms with E-state index in [1.54, 1.807) is 18.2 Å². The third-order valence-corrected chi connectivity index (χ3v) is 7.18. The molecule has 0 unspecified atom stereocenters. The van der Waals surface area contributed by atoms with Gasteiger partial charge in [-0.3, -0.25) is 10.1 Å². The predicted molar refractivity (Wildman–Crippen MR) is 122 cm³/mol. The summed E-state index contributed by atoms with van der Waals surface area (Å²) in [5.74, 6) is -0.734. The number of hydrogen-bond donors (Lipinski definition) is 2. The van der Waals surface area contributed by atoms with Gasteiger partial charge in [0.2, 0.25) is 9.84 Å². The van der Waals surface area contributed by atoms with Crippen LogP contribution < -0.4 is 0 Å². The number of benzene rings is 3. The third kappa shape index (κ3) is 4.60. The number of aryl methyl sites for hydroxylation is 2. The molecule has 0 aliphatic carbocycles. The standard InChI is InChI=1S/C24H25NO6S/c1-3-4-5-8-18-15-21(26)22(17-9-6-7-16(2)14-17)23(27)24(18)32(30,31)20-12-10-19(11-13-20)25(28)29/h6-7,9-15,26-27H,3-5,8H2,1-2H3. The van der Waals surface area contributed by atoms with Crippen molar-refractivity contribution in [3.05, 3.63) is 75.8 Å². The largest absolute Gasteiger partial charge is 0.507 e. The van der Waals surface area contributed by atoms with Crippen LogP contribution in [0.1, 0.15) is 37.3 Å². The second kappa shape index (κ2) is 9.40. The summed E-state index contributed by atoms with van der Waals surface area (Å²) in [5.41, 5.74) is 1.48. The first-order valence-electron chi connectivity index (χ1n) is 10.3. The lowest BCUT2D eigenvalue weighted by Crippen LogP contribution is -2.08. The summed E-state index contributed by atoms with van der Waals surface area (Å²) in [6.45, 7) is 3.87. The van der Waals surface area contributed by atoms with Crippen LogP contribution in [-0.2, 0) is 16.3 Å². The zero-order valence-corrected chi connectivity index (χ0v) is 18.7. The maximum absolute atomic E-state index is 13.5. The van der Waals surface area contributed by atoms with Gasteiger partial charge in [0.1, 0.15) is 16.4 Å². The van der Waals surface area contributed by atoms with Crippen LogP contribution in [0.3, 0.4) is 0 Å². The van der Waals surface area contributed by atoms with Crippen LogP contribution in [0.2, 0.25) is 0 Å². The molecule has 0 radical (unpaired) electrons. The minimum absolute atomic E-state index is 0.0356. The fourth-order valence-electron chi connectivity index (χ4n) is 3.69. The molecule has 0 amide bonds. The number of nitro groups is 1. The first-order chi connectivity index (χ1) is 15.2. The van der Waals surface area contributed by atoms with Crippen molar-refractivity contribution >= 4 is 15.5 Å². The van der Waals surface area contributed by atoms with Crippen LogP contribution in [0.5, 0.6) is 11.5 Å². The van der Waals surface area contributed by atoms with E-state index in [1.807, 2.05) is 19.9 Å². The lowest BCUT2D eigenvalue weighted by atomic mass is 9.97. The van der Waals surface area contributed by atoms with E-state index in [4.69, 9.17) is 0 Å². The minimum atomic E-state index is -4.22. The van der Waals surface area contributed by atoms with Crippen molar-refractivity contribution in [1.82, 2.24) is 0 Å². The topological polar surface area (TPSA) is 118 Å². The molecular formula is C24H25NO6S. The lowest BCUT2D eigenvalue weighted by molar-refractivity contribution is -0.384. The van der Waals surface area contributed by atoms with Crippen molar-refractivity contribution in [3.63, 3.8) is 0 Å². The van der Waals surface area contributed by atoms with Gasteiger partial charge in [-0.05, 0) is 49.1 Å². The molecular weight excluding hydrogens is 430 g/mol. The SMILES string of the molecule is CCCCCc1cc(O)c(-c2cccc(C)c2)c(O)c1S(=O)(=O)c1ccc([N+](=O)[O-])cc1. The van der Waals surface area contributed by atoms with E-state index in [0.29, 0.717) is 24.0 Å². The fourth-order valence-corrected chi connectivity index (χ4v) is 5.28. The van der Waals surface area contributed by atoms with E-state index in [0.717, 1.165) is 42.7 Å². The van der Waals surface area contributed by atoms with Crippen LogP contribution in [0, 0.1) is 17.0 Å². The Morgan fingerprint density at radius 1 is 1.00 bits per heavy atom. The Morgan fingerprint density at radius 3 is 2.28 bits per heavy atom. The Balaban J connectivity index is 2.24. The van der Waals surface area contributed by atoms with E-state index in [9.17, 15) is 28.7 Å². The zero-order valence-electron chi connectivity index (χ0n) is 17.9. The van der Waals surface area contributed by atoms with Gasteiger partial charge in [0, 0.05) is 12.1 Å². The molecule has 0 saturated heterocycles. The number of hydrogen-bond acceptors (Lipinski definition) is 6. The van der Waals surface area contributed by atoms with Crippen molar-refractivity contribution in [2.45, 2.75) is 49.3 Å². The van der Waals surface area contributed by atoms with E-state index in [2.05, 4.69) is 0 Å². The van der Waals surface area contributed by atoms with Crippen LogP contribution in [0.4, 0.5) is 5.69 Å². The molecule has 3 aromatic rings. The van der Waals surface area contributed by atoms with Crippen molar-refractivity contribution in [3.8, 4) is 22.6 Å². The van der Waals surface area contributed by atoms with Crippen molar-refractivity contribution in [2.24, 2.45) is 0 Å². The van der Waals surface area contributed by atoms with Gasteiger partial charge in [-0.2, -0.15) is 0 Å². The van der Waals surface area contributed by atoms with Crippen LogP contribution >= 0.6 is 0 Å². The molecule has 0 aliphatic rings. The van der Waals surface area contributed by atoms with Crippen molar-refractivity contribution < 1.29 is 23.6 Å². The number of unbranched alkanes of at least 4 members (excludes halogenated alkanes) is 2. The zero-order chi connectivity index (χ0) is 23.5. The third-order valence-electron chi connectivity index (χ3n) is 5.29. The molecule has 168 valence electrons. The van der Waals surface area contributed by atoms with Crippen LogP contribution in [-0.4, -0.2) is 23.6 Å².